The maximum absolute atomic E-state index is 12.4. The third-order valence-electron chi connectivity index (χ3n) is 2.83. The van der Waals surface area contributed by atoms with E-state index >= 15 is 0 Å². The van der Waals surface area contributed by atoms with Crippen LogP contribution in [-0.2, 0) is 4.79 Å². The first-order chi connectivity index (χ1) is 9.24. The number of alkyl halides is 3. The van der Waals surface area contributed by atoms with E-state index in [2.05, 4.69) is 0 Å². The molecule has 0 fully saturated rings. The zero-order chi connectivity index (χ0) is 15.3. The van der Waals surface area contributed by atoms with E-state index in [1.165, 1.54) is 6.92 Å². The first-order valence-electron chi connectivity index (χ1n) is 6.06. The minimum absolute atomic E-state index is 0.356. The number of anilines is 1. The Hall–Kier alpha value is -1.76. The second-order valence-corrected chi connectivity index (χ2v) is 4.49. The van der Waals surface area contributed by atoms with E-state index in [-0.39, 0.29) is 6.54 Å². The SMILES string of the molecule is CC(C(=O)N(CCO)CC(F)(F)F)c1cccc(N)c1. The summed E-state index contributed by atoms with van der Waals surface area (Å²) in [4.78, 5) is 12.7. The van der Waals surface area contributed by atoms with Gasteiger partial charge in [0.05, 0.1) is 12.5 Å². The van der Waals surface area contributed by atoms with Crippen molar-refractivity contribution in [2.24, 2.45) is 0 Å². The molecule has 0 saturated carbocycles. The fourth-order valence-corrected chi connectivity index (χ4v) is 1.85. The fraction of sp³-hybridized carbons (Fsp3) is 0.462. The lowest BCUT2D eigenvalue weighted by molar-refractivity contribution is -0.162. The normalized spacial score (nSPS) is 13.1. The van der Waals surface area contributed by atoms with Crippen LogP contribution in [0.15, 0.2) is 24.3 Å². The summed E-state index contributed by atoms with van der Waals surface area (Å²) in [6.45, 7) is -0.743. The molecule has 112 valence electrons. The van der Waals surface area contributed by atoms with Crippen LogP contribution < -0.4 is 5.73 Å². The number of halogens is 3. The van der Waals surface area contributed by atoms with Crippen molar-refractivity contribution in [2.75, 3.05) is 25.4 Å². The van der Waals surface area contributed by atoms with Gasteiger partial charge in [-0.2, -0.15) is 13.2 Å². The molecule has 1 atom stereocenters. The molecule has 0 radical (unpaired) electrons. The highest BCUT2D eigenvalue weighted by atomic mass is 19.4. The highest BCUT2D eigenvalue weighted by Crippen LogP contribution is 2.23. The summed E-state index contributed by atoms with van der Waals surface area (Å²) in [6, 6.07) is 6.44. The Morgan fingerprint density at radius 1 is 1.45 bits per heavy atom. The highest BCUT2D eigenvalue weighted by molar-refractivity contribution is 5.83. The molecule has 0 heterocycles. The predicted molar refractivity (Wildman–Crippen MR) is 69.0 cm³/mol. The summed E-state index contributed by atoms with van der Waals surface area (Å²) >= 11 is 0. The van der Waals surface area contributed by atoms with Gasteiger partial charge < -0.3 is 15.7 Å². The molecular weight excluding hydrogens is 273 g/mol. The maximum atomic E-state index is 12.4. The lowest BCUT2D eigenvalue weighted by Gasteiger charge is -2.26. The van der Waals surface area contributed by atoms with Gasteiger partial charge in [-0.1, -0.05) is 12.1 Å². The molecule has 7 heteroatoms. The van der Waals surface area contributed by atoms with Gasteiger partial charge in [-0.3, -0.25) is 4.79 Å². The molecule has 20 heavy (non-hydrogen) atoms. The molecule has 0 aliphatic carbocycles. The molecule has 0 saturated heterocycles. The summed E-state index contributed by atoms with van der Waals surface area (Å²) < 4.78 is 37.3. The van der Waals surface area contributed by atoms with Crippen LogP contribution in [0.5, 0.6) is 0 Å². The minimum atomic E-state index is -4.50. The van der Waals surface area contributed by atoms with Gasteiger partial charge in [0.2, 0.25) is 5.91 Å². The van der Waals surface area contributed by atoms with E-state index in [4.69, 9.17) is 10.8 Å². The van der Waals surface area contributed by atoms with Gasteiger partial charge in [0.25, 0.3) is 0 Å². The lowest BCUT2D eigenvalue weighted by Crippen LogP contribution is -2.42. The van der Waals surface area contributed by atoms with Gasteiger partial charge in [0.1, 0.15) is 6.54 Å². The van der Waals surface area contributed by atoms with Crippen LogP contribution in [0.2, 0.25) is 0 Å². The summed E-state index contributed by atoms with van der Waals surface area (Å²) in [6.07, 6.45) is -4.50. The van der Waals surface area contributed by atoms with Crippen LogP contribution in [0.3, 0.4) is 0 Å². The topological polar surface area (TPSA) is 66.6 Å². The molecular formula is C13H17F3N2O2. The van der Waals surface area contributed by atoms with Crippen LogP contribution >= 0.6 is 0 Å². The van der Waals surface area contributed by atoms with Crippen LogP contribution in [0.25, 0.3) is 0 Å². The van der Waals surface area contributed by atoms with Gasteiger partial charge >= 0.3 is 6.18 Å². The fourth-order valence-electron chi connectivity index (χ4n) is 1.85. The molecule has 0 aliphatic heterocycles. The zero-order valence-corrected chi connectivity index (χ0v) is 11.0. The van der Waals surface area contributed by atoms with Crippen LogP contribution in [-0.4, -0.2) is 41.8 Å². The smallest absolute Gasteiger partial charge is 0.399 e. The Bertz CT molecular complexity index is 463. The summed E-state index contributed by atoms with van der Waals surface area (Å²) in [5.74, 6) is -1.45. The summed E-state index contributed by atoms with van der Waals surface area (Å²) in [7, 11) is 0. The molecule has 1 aromatic rings. The van der Waals surface area contributed by atoms with Crippen molar-refractivity contribution in [3.05, 3.63) is 29.8 Å². The Labute approximate surface area is 115 Å². The van der Waals surface area contributed by atoms with Crippen LogP contribution in [0, 0.1) is 0 Å². The van der Waals surface area contributed by atoms with E-state index in [1.54, 1.807) is 24.3 Å². The van der Waals surface area contributed by atoms with Gasteiger partial charge in [-0.05, 0) is 24.6 Å². The standard InChI is InChI=1S/C13H17F3N2O2/c1-9(10-3-2-4-11(17)7-10)12(20)18(5-6-19)8-13(14,15)16/h2-4,7,9,19H,5-6,8,17H2,1H3. The number of carbonyl (C=O) groups excluding carboxylic acids is 1. The third-order valence-corrected chi connectivity index (χ3v) is 2.83. The van der Waals surface area contributed by atoms with Crippen molar-refractivity contribution >= 4 is 11.6 Å². The molecule has 1 unspecified atom stereocenters. The van der Waals surface area contributed by atoms with E-state index < -0.39 is 31.2 Å². The maximum Gasteiger partial charge on any atom is 0.406 e. The van der Waals surface area contributed by atoms with Crippen molar-refractivity contribution in [1.29, 1.82) is 0 Å². The van der Waals surface area contributed by atoms with Gasteiger partial charge in [0.15, 0.2) is 0 Å². The Morgan fingerprint density at radius 2 is 2.10 bits per heavy atom. The number of nitrogens with zero attached hydrogens (tertiary/aromatic N) is 1. The molecule has 0 bridgehead atoms. The van der Waals surface area contributed by atoms with Gasteiger partial charge in [-0.15, -0.1) is 0 Å². The van der Waals surface area contributed by atoms with Crippen LogP contribution in [0.4, 0.5) is 18.9 Å². The van der Waals surface area contributed by atoms with E-state index in [0.29, 0.717) is 16.2 Å². The minimum Gasteiger partial charge on any atom is -0.399 e. The monoisotopic (exact) mass is 290 g/mol. The second-order valence-electron chi connectivity index (χ2n) is 4.49. The molecule has 4 nitrogen and oxygen atoms in total. The molecule has 1 amide bonds. The predicted octanol–water partition coefficient (Wildman–Crippen LogP) is 1.76. The van der Waals surface area contributed by atoms with Crippen molar-refractivity contribution in [3.63, 3.8) is 0 Å². The molecule has 3 N–H and O–H groups in total. The Morgan fingerprint density at radius 3 is 2.60 bits per heavy atom. The third kappa shape index (κ3) is 4.73. The van der Waals surface area contributed by atoms with E-state index in [1.807, 2.05) is 0 Å². The quantitative estimate of drug-likeness (QED) is 0.812. The van der Waals surface area contributed by atoms with Gasteiger partial charge in [0, 0.05) is 12.2 Å². The van der Waals surface area contributed by atoms with E-state index in [0.717, 1.165) is 0 Å². The number of benzene rings is 1. The number of aliphatic hydroxyl groups excluding tert-OH is 1. The number of hydrogen-bond donors (Lipinski definition) is 2. The first kappa shape index (κ1) is 16.3. The molecule has 1 rings (SSSR count). The Kier molecular flexibility index (Phi) is 5.38. The molecule has 0 aliphatic rings. The Balaban J connectivity index is 2.88. The second kappa shape index (κ2) is 6.60. The molecule has 0 spiro atoms. The number of carbonyl (C=O) groups is 1. The summed E-state index contributed by atoms with van der Waals surface area (Å²) in [5, 5.41) is 8.80. The largest absolute Gasteiger partial charge is 0.406 e. The number of rotatable bonds is 5. The average Bonchev–Trinajstić information content (AvgIpc) is 2.35. The van der Waals surface area contributed by atoms with Crippen molar-refractivity contribution < 1.29 is 23.1 Å². The lowest BCUT2D eigenvalue weighted by atomic mass is 9.99. The van der Waals surface area contributed by atoms with E-state index in [9.17, 15) is 18.0 Å². The highest BCUT2D eigenvalue weighted by Gasteiger charge is 2.34. The number of hydrogen-bond acceptors (Lipinski definition) is 3. The molecule has 0 aromatic heterocycles. The zero-order valence-electron chi connectivity index (χ0n) is 11.0. The van der Waals surface area contributed by atoms with Crippen molar-refractivity contribution in [3.8, 4) is 0 Å². The number of amides is 1. The van der Waals surface area contributed by atoms with Crippen molar-refractivity contribution in [2.45, 2.75) is 19.0 Å². The average molecular weight is 290 g/mol. The van der Waals surface area contributed by atoms with Crippen LogP contribution in [0.1, 0.15) is 18.4 Å². The number of nitrogens with two attached hydrogens (primary N) is 1. The van der Waals surface area contributed by atoms with Crippen molar-refractivity contribution in [1.82, 2.24) is 4.90 Å². The first-order valence-corrected chi connectivity index (χ1v) is 6.06. The van der Waals surface area contributed by atoms with Gasteiger partial charge in [-0.25, -0.2) is 0 Å². The summed E-state index contributed by atoms with van der Waals surface area (Å²) in [5.41, 5.74) is 6.57. The molecule has 1 aromatic carbocycles. The number of aliphatic hydroxyl groups is 1. The number of nitrogen functional groups attached to an aromatic ring is 1.